The summed E-state index contributed by atoms with van der Waals surface area (Å²) in [6, 6.07) is 8.37. The van der Waals surface area contributed by atoms with Crippen LogP contribution in [0.5, 0.6) is 0 Å². The van der Waals surface area contributed by atoms with Crippen molar-refractivity contribution in [1.82, 2.24) is 30.5 Å². The number of carbonyl (C=O) groups excluding carboxylic acids is 2. The molecular formula is C23H32N6O2. The lowest BCUT2D eigenvalue weighted by molar-refractivity contribution is 0.0946. The Morgan fingerprint density at radius 2 is 1.90 bits per heavy atom. The lowest BCUT2D eigenvalue weighted by atomic mass is 10.00. The molecular weight excluding hydrogens is 392 g/mol. The van der Waals surface area contributed by atoms with E-state index in [-0.39, 0.29) is 18.0 Å². The molecule has 1 aromatic heterocycles. The van der Waals surface area contributed by atoms with Crippen molar-refractivity contribution in [1.29, 1.82) is 0 Å². The fraction of sp³-hybridized carbons (Fsp3) is 0.565. The molecule has 1 aliphatic carbocycles. The van der Waals surface area contributed by atoms with Crippen LogP contribution in [-0.4, -0.2) is 51.0 Å². The van der Waals surface area contributed by atoms with E-state index in [0.717, 1.165) is 44.3 Å². The first kappa shape index (κ1) is 21.3. The number of likely N-dealkylation sites (tertiary alicyclic amines) is 1. The van der Waals surface area contributed by atoms with Crippen LogP contribution in [0.1, 0.15) is 60.1 Å². The van der Waals surface area contributed by atoms with Gasteiger partial charge in [-0.05, 0) is 56.9 Å². The Balaban J connectivity index is 1.26. The number of aromatic nitrogens is 3. The normalized spacial score (nSPS) is 18.6. The van der Waals surface area contributed by atoms with Gasteiger partial charge in [-0.15, -0.1) is 5.10 Å². The summed E-state index contributed by atoms with van der Waals surface area (Å²) in [6.07, 6.45) is 8.03. The first-order valence-corrected chi connectivity index (χ1v) is 11.4. The number of benzene rings is 1. The second-order valence-corrected chi connectivity index (χ2v) is 8.80. The highest BCUT2D eigenvalue weighted by molar-refractivity contribution is 5.91. The van der Waals surface area contributed by atoms with E-state index in [0.29, 0.717) is 24.7 Å². The summed E-state index contributed by atoms with van der Waals surface area (Å²) in [7, 11) is 0. The van der Waals surface area contributed by atoms with Gasteiger partial charge in [-0.3, -0.25) is 9.48 Å². The van der Waals surface area contributed by atoms with Gasteiger partial charge >= 0.3 is 6.03 Å². The van der Waals surface area contributed by atoms with E-state index < -0.39 is 0 Å². The van der Waals surface area contributed by atoms with Gasteiger partial charge < -0.3 is 15.5 Å². The molecule has 2 heterocycles. The lowest BCUT2D eigenvalue weighted by Crippen LogP contribution is -2.48. The van der Waals surface area contributed by atoms with E-state index in [1.807, 2.05) is 17.0 Å². The average molecular weight is 425 g/mol. The Hall–Kier alpha value is -2.90. The van der Waals surface area contributed by atoms with Crippen molar-refractivity contribution >= 4 is 11.9 Å². The molecule has 2 N–H and O–H groups in total. The quantitative estimate of drug-likeness (QED) is 0.682. The molecule has 2 fully saturated rings. The highest BCUT2D eigenvalue weighted by Gasteiger charge is 2.27. The van der Waals surface area contributed by atoms with Crippen LogP contribution in [0.3, 0.4) is 0 Å². The van der Waals surface area contributed by atoms with Gasteiger partial charge in [-0.1, -0.05) is 35.0 Å². The molecule has 3 amide bonds. The molecule has 0 bridgehead atoms. The maximum atomic E-state index is 12.8. The second kappa shape index (κ2) is 9.94. The van der Waals surface area contributed by atoms with Crippen molar-refractivity contribution in [2.24, 2.45) is 5.92 Å². The van der Waals surface area contributed by atoms with Crippen LogP contribution in [0.2, 0.25) is 0 Å². The molecule has 166 valence electrons. The summed E-state index contributed by atoms with van der Waals surface area (Å²) in [4.78, 5) is 26.9. The molecule has 0 spiro atoms. The Kier molecular flexibility index (Phi) is 6.84. The number of aryl methyl sites for hydroxylation is 2. The molecule has 1 aliphatic heterocycles. The number of hydrogen-bond donors (Lipinski definition) is 2. The fourth-order valence-corrected chi connectivity index (χ4v) is 4.00. The monoisotopic (exact) mass is 424 g/mol. The van der Waals surface area contributed by atoms with Gasteiger partial charge in [0.05, 0.1) is 6.20 Å². The Labute approximate surface area is 183 Å². The topological polar surface area (TPSA) is 92.2 Å². The summed E-state index contributed by atoms with van der Waals surface area (Å²) < 4.78 is 1.71. The van der Waals surface area contributed by atoms with Gasteiger partial charge in [0.2, 0.25) is 0 Å². The predicted octanol–water partition coefficient (Wildman–Crippen LogP) is 2.88. The standard InChI is InChI=1S/C23H32N6O2/c1-17-5-7-18(8-6-17)15-25-23(31)29-12-3-2-4-20(29)11-13-28-16-21(26-27-28)22(30)24-14-19-9-10-19/h5-8,16,19-20H,2-4,9-15H2,1H3,(H,24,30)(H,25,31). The van der Waals surface area contributed by atoms with Crippen molar-refractivity contribution < 1.29 is 9.59 Å². The van der Waals surface area contributed by atoms with Crippen LogP contribution in [0.15, 0.2) is 30.5 Å². The number of piperidine rings is 1. The van der Waals surface area contributed by atoms with Crippen LogP contribution >= 0.6 is 0 Å². The maximum Gasteiger partial charge on any atom is 0.317 e. The van der Waals surface area contributed by atoms with Gasteiger partial charge in [-0.25, -0.2) is 4.79 Å². The van der Waals surface area contributed by atoms with Gasteiger partial charge in [0, 0.05) is 32.2 Å². The van der Waals surface area contributed by atoms with Gasteiger partial charge in [0.25, 0.3) is 5.91 Å². The van der Waals surface area contributed by atoms with Crippen molar-refractivity contribution in [2.75, 3.05) is 13.1 Å². The minimum absolute atomic E-state index is 0.0102. The highest BCUT2D eigenvalue weighted by atomic mass is 16.2. The van der Waals surface area contributed by atoms with Crippen molar-refractivity contribution in [3.63, 3.8) is 0 Å². The van der Waals surface area contributed by atoms with E-state index in [9.17, 15) is 9.59 Å². The summed E-state index contributed by atoms with van der Waals surface area (Å²) in [5, 5.41) is 14.1. The maximum absolute atomic E-state index is 12.8. The zero-order valence-corrected chi connectivity index (χ0v) is 18.2. The molecule has 8 heteroatoms. The molecule has 4 rings (SSSR count). The number of hydrogen-bond acceptors (Lipinski definition) is 4. The summed E-state index contributed by atoms with van der Waals surface area (Å²) in [5.41, 5.74) is 2.67. The van der Waals surface area contributed by atoms with Crippen molar-refractivity contribution in [3.05, 3.63) is 47.3 Å². The SMILES string of the molecule is Cc1ccc(CNC(=O)N2CCCCC2CCn2cc(C(=O)NCC3CC3)nn2)cc1. The van der Waals surface area contributed by atoms with Crippen LogP contribution in [0.25, 0.3) is 0 Å². The van der Waals surface area contributed by atoms with E-state index in [2.05, 4.69) is 40.0 Å². The minimum Gasteiger partial charge on any atom is -0.350 e. The third kappa shape index (κ3) is 6.06. The number of nitrogens with one attached hydrogen (secondary N) is 2. The van der Waals surface area contributed by atoms with E-state index in [1.165, 1.54) is 18.4 Å². The summed E-state index contributed by atoms with van der Waals surface area (Å²) >= 11 is 0. The minimum atomic E-state index is -0.159. The lowest BCUT2D eigenvalue weighted by Gasteiger charge is -2.35. The molecule has 1 unspecified atom stereocenters. The third-order valence-electron chi connectivity index (χ3n) is 6.16. The van der Waals surface area contributed by atoms with Gasteiger partial charge in [-0.2, -0.15) is 0 Å². The molecule has 31 heavy (non-hydrogen) atoms. The first-order chi connectivity index (χ1) is 15.1. The number of carbonyl (C=O) groups is 2. The zero-order valence-electron chi connectivity index (χ0n) is 18.2. The molecule has 2 aliphatic rings. The molecule has 1 saturated carbocycles. The number of urea groups is 1. The molecule has 2 aromatic rings. The number of nitrogens with zero attached hydrogens (tertiary/aromatic N) is 4. The van der Waals surface area contributed by atoms with Crippen molar-refractivity contribution in [2.45, 2.75) is 64.6 Å². The smallest absolute Gasteiger partial charge is 0.317 e. The van der Waals surface area contributed by atoms with Gasteiger partial charge in [0.15, 0.2) is 5.69 Å². The fourth-order valence-electron chi connectivity index (χ4n) is 4.00. The van der Waals surface area contributed by atoms with E-state index in [4.69, 9.17) is 0 Å². The number of rotatable bonds is 8. The molecule has 1 saturated heterocycles. The first-order valence-electron chi connectivity index (χ1n) is 11.4. The Bertz CT molecular complexity index is 890. The van der Waals surface area contributed by atoms with Crippen LogP contribution in [0, 0.1) is 12.8 Å². The largest absolute Gasteiger partial charge is 0.350 e. The van der Waals surface area contributed by atoms with Crippen molar-refractivity contribution in [3.8, 4) is 0 Å². The summed E-state index contributed by atoms with van der Waals surface area (Å²) in [6.45, 7) is 4.72. The van der Waals surface area contributed by atoms with Crippen LogP contribution in [0.4, 0.5) is 4.79 Å². The van der Waals surface area contributed by atoms with Crippen LogP contribution in [-0.2, 0) is 13.1 Å². The predicted molar refractivity (Wildman–Crippen MR) is 117 cm³/mol. The van der Waals surface area contributed by atoms with Gasteiger partial charge in [0.1, 0.15) is 0 Å². The Morgan fingerprint density at radius 3 is 2.68 bits per heavy atom. The molecule has 0 radical (unpaired) electrons. The zero-order chi connectivity index (χ0) is 21.6. The Morgan fingerprint density at radius 1 is 1.10 bits per heavy atom. The van der Waals surface area contributed by atoms with E-state index in [1.54, 1.807) is 10.9 Å². The third-order valence-corrected chi connectivity index (χ3v) is 6.16. The molecule has 1 atom stereocenters. The summed E-state index contributed by atoms with van der Waals surface area (Å²) in [5.74, 6) is 0.473. The van der Waals surface area contributed by atoms with E-state index >= 15 is 0 Å². The van der Waals surface area contributed by atoms with Crippen LogP contribution < -0.4 is 10.6 Å². The molecule has 8 nitrogen and oxygen atoms in total. The second-order valence-electron chi connectivity index (χ2n) is 8.80. The average Bonchev–Trinajstić information content (AvgIpc) is 3.50. The number of amides is 3. The molecule has 1 aromatic carbocycles. The highest BCUT2D eigenvalue weighted by Crippen LogP contribution is 2.27.